The van der Waals surface area contributed by atoms with Crippen LogP contribution in [0.3, 0.4) is 0 Å². The zero-order valence-corrected chi connectivity index (χ0v) is 14.3. The lowest BCUT2D eigenvalue weighted by Gasteiger charge is -2.34. The number of hydrogen-bond donors (Lipinski definition) is 2. The quantitative estimate of drug-likeness (QED) is 0.895. The van der Waals surface area contributed by atoms with Crippen molar-refractivity contribution in [1.29, 1.82) is 0 Å². The van der Waals surface area contributed by atoms with Crippen LogP contribution in [0.4, 0.5) is 0 Å². The summed E-state index contributed by atoms with van der Waals surface area (Å²) < 4.78 is 0. The second kappa shape index (κ2) is 7.18. The second-order valence-corrected chi connectivity index (χ2v) is 6.65. The molecule has 5 nitrogen and oxygen atoms in total. The number of carbonyl (C=O) groups is 2. The largest absolute Gasteiger partial charge is 0.352 e. The van der Waals surface area contributed by atoms with E-state index in [1.54, 1.807) is 11.1 Å². The Morgan fingerprint density at radius 3 is 2.88 bits per heavy atom. The van der Waals surface area contributed by atoms with E-state index in [2.05, 4.69) is 17.6 Å². The minimum atomic E-state index is -0.240. The molecule has 3 unspecified atom stereocenters. The average molecular weight is 327 g/mol. The Kier molecular flexibility index (Phi) is 5.00. The van der Waals surface area contributed by atoms with Crippen molar-refractivity contribution >= 4 is 17.9 Å². The molecule has 0 aromatic heterocycles. The normalized spacial score (nSPS) is 25.9. The molecule has 128 valence electrons. The third-order valence-corrected chi connectivity index (χ3v) is 4.96. The lowest BCUT2D eigenvalue weighted by atomic mass is 9.93. The third kappa shape index (κ3) is 3.51. The highest BCUT2D eigenvalue weighted by atomic mass is 16.2. The molecule has 1 fully saturated rings. The molecule has 2 amide bonds. The minimum Gasteiger partial charge on any atom is -0.352 e. The maximum atomic E-state index is 12.6. The van der Waals surface area contributed by atoms with Gasteiger partial charge in [-0.05, 0) is 43.5 Å². The maximum Gasteiger partial charge on any atom is 0.223 e. The summed E-state index contributed by atoms with van der Waals surface area (Å²) in [6.45, 7) is 4.65. The summed E-state index contributed by atoms with van der Waals surface area (Å²) in [6.07, 6.45) is 6.07. The van der Waals surface area contributed by atoms with E-state index in [1.807, 2.05) is 30.3 Å². The highest BCUT2D eigenvalue weighted by molar-refractivity contribution is 5.82. The van der Waals surface area contributed by atoms with Gasteiger partial charge >= 0.3 is 0 Å². The number of nitrogens with zero attached hydrogens (tertiary/aromatic N) is 1. The van der Waals surface area contributed by atoms with Crippen LogP contribution in [-0.2, 0) is 9.59 Å². The Balaban J connectivity index is 1.74. The summed E-state index contributed by atoms with van der Waals surface area (Å²) in [7, 11) is 0. The minimum absolute atomic E-state index is 0.00287. The summed E-state index contributed by atoms with van der Waals surface area (Å²) in [4.78, 5) is 26.2. The first-order valence-electron chi connectivity index (χ1n) is 8.65. The second-order valence-electron chi connectivity index (χ2n) is 6.65. The Hall–Kier alpha value is -2.14. The molecule has 0 aliphatic carbocycles. The van der Waals surface area contributed by atoms with Crippen LogP contribution in [0.15, 0.2) is 30.5 Å². The van der Waals surface area contributed by atoms with Gasteiger partial charge in [0.1, 0.15) is 0 Å². The molecule has 5 heteroatoms. The Morgan fingerprint density at radius 1 is 1.33 bits per heavy atom. The average Bonchev–Trinajstić information content (AvgIpc) is 2.57. The zero-order valence-electron chi connectivity index (χ0n) is 14.3. The van der Waals surface area contributed by atoms with E-state index in [0.717, 1.165) is 30.5 Å². The van der Waals surface area contributed by atoms with Crippen molar-refractivity contribution in [2.45, 2.75) is 51.2 Å². The van der Waals surface area contributed by atoms with Crippen LogP contribution in [0.1, 0.15) is 50.3 Å². The van der Waals surface area contributed by atoms with Gasteiger partial charge in [0.25, 0.3) is 0 Å². The van der Waals surface area contributed by atoms with Crippen LogP contribution >= 0.6 is 0 Å². The maximum absolute atomic E-state index is 12.6. The Morgan fingerprint density at radius 2 is 2.12 bits per heavy atom. The van der Waals surface area contributed by atoms with Crippen LogP contribution in [0.2, 0.25) is 0 Å². The first kappa shape index (κ1) is 16.7. The van der Waals surface area contributed by atoms with Gasteiger partial charge in [0.05, 0.1) is 12.5 Å². The van der Waals surface area contributed by atoms with Crippen LogP contribution in [0.25, 0.3) is 6.08 Å². The predicted octanol–water partition coefficient (Wildman–Crippen LogP) is 2.21. The van der Waals surface area contributed by atoms with E-state index in [-0.39, 0.29) is 36.4 Å². The molecule has 0 bridgehead atoms. The van der Waals surface area contributed by atoms with E-state index in [4.69, 9.17) is 0 Å². The number of carbonyl (C=O) groups excluding carboxylic acids is 2. The van der Waals surface area contributed by atoms with Crippen LogP contribution in [0.5, 0.6) is 0 Å². The van der Waals surface area contributed by atoms with Crippen molar-refractivity contribution in [2.75, 3.05) is 6.54 Å². The van der Waals surface area contributed by atoms with Crippen molar-refractivity contribution in [2.24, 2.45) is 0 Å². The van der Waals surface area contributed by atoms with Gasteiger partial charge in [-0.1, -0.05) is 24.3 Å². The molecule has 3 rings (SSSR count). The van der Waals surface area contributed by atoms with Gasteiger partial charge < -0.3 is 15.5 Å². The lowest BCUT2D eigenvalue weighted by Crippen LogP contribution is -2.52. The number of nitrogens with one attached hydrogen (secondary N) is 2. The molecule has 2 heterocycles. The summed E-state index contributed by atoms with van der Waals surface area (Å²) in [5, 5.41) is 6.54. The molecule has 1 saturated heterocycles. The molecule has 2 aliphatic heterocycles. The highest BCUT2D eigenvalue weighted by Crippen LogP contribution is 2.32. The van der Waals surface area contributed by atoms with Crippen molar-refractivity contribution in [1.82, 2.24) is 15.5 Å². The molecule has 24 heavy (non-hydrogen) atoms. The van der Waals surface area contributed by atoms with Crippen molar-refractivity contribution in [3.05, 3.63) is 41.6 Å². The fraction of sp³-hybridized carbons (Fsp3) is 0.474. The smallest absolute Gasteiger partial charge is 0.223 e. The van der Waals surface area contributed by atoms with Crippen molar-refractivity contribution < 1.29 is 9.59 Å². The third-order valence-electron chi connectivity index (χ3n) is 4.96. The monoisotopic (exact) mass is 327 g/mol. The lowest BCUT2D eigenvalue weighted by molar-refractivity contribution is -0.130. The van der Waals surface area contributed by atoms with Crippen LogP contribution < -0.4 is 10.6 Å². The standard InChI is InChI=1S/C19H25N3O2/c1-13-17(8-5-10-20-13)21-19(24)12-18-16-7-4-3-6-15(16)9-11-22(18)14(2)23/h3-4,6-7,9,11,13,17-18,20H,5,8,10,12H2,1-2H3,(H,21,24). The van der Waals surface area contributed by atoms with Gasteiger partial charge in [-0.2, -0.15) is 0 Å². The van der Waals surface area contributed by atoms with E-state index in [1.165, 1.54) is 6.92 Å². The number of rotatable bonds is 3. The number of fused-ring (bicyclic) bond motifs is 1. The molecule has 0 radical (unpaired) electrons. The first-order chi connectivity index (χ1) is 11.6. The molecular weight excluding hydrogens is 302 g/mol. The Labute approximate surface area is 143 Å². The predicted molar refractivity (Wildman–Crippen MR) is 94.0 cm³/mol. The number of amides is 2. The molecule has 3 atom stereocenters. The molecule has 1 aromatic carbocycles. The van der Waals surface area contributed by atoms with E-state index in [0.29, 0.717) is 0 Å². The summed E-state index contributed by atoms with van der Waals surface area (Å²) in [5.41, 5.74) is 2.10. The Bertz CT molecular complexity index is 656. The topological polar surface area (TPSA) is 61.4 Å². The van der Waals surface area contributed by atoms with Crippen LogP contribution in [-0.4, -0.2) is 35.3 Å². The highest BCUT2D eigenvalue weighted by Gasteiger charge is 2.30. The SMILES string of the molecule is CC(=O)N1C=Cc2ccccc2C1CC(=O)NC1CCCNC1C. The summed E-state index contributed by atoms with van der Waals surface area (Å²) in [5.74, 6) is -0.0526. The van der Waals surface area contributed by atoms with Gasteiger partial charge in [-0.15, -0.1) is 0 Å². The number of hydrogen-bond acceptors (Lipinski definition) is 3. The van der Waals surface area contributed by atoms with Gasteiger partial charge in [-0.25, -0.2) is 0 Å². The van der Waals surface area contributed by atoms with Gasteiger partial charge in [-0.3, -0.25) is 9.59 Å². The number of piperidine rings is 1. The summed E-state index contributed by atoms with van der Waals surface area (Å²) in [6, 6.07) is 8.14. The van der Waals surface area contributed by atoms with E-state index in [9.17, 15) is 9.59 Å². The van der Waals surface area contributed by atoms with E-state index >= 15 is 0 Å². The van der Waals surface area contributed by atoms with Gasteiger partial charge in [0.2, 0.25) is 11.8 Å². The van der Waals surface area contributed by atoms with Crippen LogP contribution in [0, 0.1) is 0 Å². The zero-order chi connectivity index (χ0) is 17.1. The summed E-state index contributed by atoms with van der Waals surface area (Å²) >= 11 is 0. The molecule has 1 aromatic rings. The fourth-order valence-electron chi connectivity index (χ4n) is 3.60. The molecular formula is C19H25N3O2. The molecule has 2 N–H and O–H groups in total. The number of benzene rings is 1. The molecule has 0 saturated carbocycles. The molecule has 2 aliphatic rings. The first-order valence-corrected chi connectivity index (χ1v) is 8.65. The van der Waals surface area contributed by atoms with Crippen molar-refractivity contribution in [3.63, 3.8) is 0 Å². The van der Waals surface area contributed by atoms with Crippen molar-refractivity contribution in [3.8, 4) is 0 Å². The fourth-order valence-corrected chi connectivity index (χ4v) is 3.60. The molecule has 0 spiro atoms. The van der Waals surface area contributed by atoms with Gasteiger partial charge in [0, 0.05) is 25.2 Å². The van der Waals surface area contributed by atoms with E-state index < -0.39 is 0 Å². The van der Waals surface area contributed by atoms with Gasteiger partial charge in [0.15, 0.2) is 0 Å².